The smallest absolute Gasteiger partial charge is 0.407 e. The lowest BCUT2D eigenvalue weighted by Gasteiger charge is -2.39. The molecule has 3 rings (SSSR count). The highest BCUT2D eigenvalue weighted by molar-refractivity contribution is 7.82. The molecule has 0 saturated heterocycles. The van der Waals surface area contributed by atoms with E-state index in [-0.39, 0.29) is 6.04 Å². The van der Waals surface area contributed by atoms with E-state index in [4.69, 9.17) is 4.74 Å². The molecule has 4 heteroatoms. The van der Waals surface area contributed by atoms with E-state index in [0.29, 0.717) is 6.42 Å². The molecular formula is C27H30NO2S. The lowest BCUT2D eigenvalue weighted by molar-refractivity contribution is 0.0508. The van der Waals surface area contributed by atoms with Gasteiger partial charge in [-0.15, -0.1) is 0 Å². The summed E-state index contributed by atoms with van der Waals surface area (Å²) >= 11 is 4.46. The molecule has 1 radical (unpaired) electrons. The van der Waals surface area contributed by atoms with E-state index < -0.39 is 17.1 Å². The fourth-order valence-electron chi connectivity index (χ4n) is 3.95. The molecule has 31 heavy (non-hydrogen) atoms. The Balaban J connectivity index is 2.10. The molecule has 0 aliphatic carbocycles. The summed E-state index contributed by atoms with van der Waals surface area (Å²) < 4.78 is 5.50. The topological polar surface area (TPSA) is 38.3 Å². The van der Waals surface area contributed by atoms with Crippen molar-refractivity contribution >= 4 is 18.7 Å². The number of carbonyl (C=O) groups is 1. The SMILES string of the molecule is CC(C)(C)OC(=O)NC([CH]S)CC(c1ccccc1)(c1ccccc1)c1ccccc1. The van der Waals surface area contributed by atoms with Crippen molar-refractivity contribution in [2.45, 2.75) is 44.2 Å². The van der Waals surface area contributed by atoms with Crippen LogP contribution in [0.4, 0.5) is 4.79 Å². The van der Waals surface area contributed by atoms with Crippen LogP contribution >= 0.6 is 12.6 Å². The average molecular weight is 433 g/mol. The number of rotatable bonds is 7. The van der Waals surface area contributed by atoms with Crippen molar-refractivity contribution in [3.05, 3.63) is 113 Å². The summed E-state index contributed by atoms with van der Waals surface area (Å²) in [5.74, 6) is 1.73. The molecule has 3 aromatic rings. The standard InChI is InChI=1S/C27H30NO2S/c1-26(2,3)30-25(29)28-24(20-31)19-27(21-13-7-4-8-14-21,22-15-9-5-10-16-22)23-17-11-6-12-18-23/h4-18,20,24,31H,19H2,1-3H3,(H,28,29). The molecule has 0 fully saturated rings. The second-order valence-corrected chi connectivity index (χ2v) is 8.91. The number of ether oxygens (including phenoxy) is 1. The molecule has 1 N–H and O–H groups in total. The van der Waals surface area contributed by atoms with Crippen LogP contribution in [0.1, 0.15) is 43.9 Å². The van der Waals surface area contributed by atoms with Gasteiger partial charge in [-0.25, -0.2) is 4.79 Å². The Hall–Kier alpha value is -2.72. The van der Waals surface area contributed by atoms with E-state index in [1.165, 1.54) is 0 Å². The minimum absolute atomic E-state index is 0.321. The predicted molar refractivity (Wildman–Crippen MR) is 130 cm³/mol. The summed E-state index contributed by atoms with van der Waals surface area (Å²) in [5.41, 5.74) is 2.40. The average Bonchev–Trinajstić information content (AvgIpc) is 2.77. The van der Waals surface area contributed by atoms with Crippen LogP contribution in [0.2, 0.25) is 0 Å². The van der Waals surface area contributed by atoms with Gasteiger partial charge < -0.3 is 10.1 Å². The van der Waals surface area contributed by atoms with Gasteiger partial charge in [-0.3, -0.25) is 0 Å². The zero-order chi connectivity index (χ0) is 22.3. The lowest BCUT2D eigenvalue weighted by atomic mass is 9.66. The summed E-state index contributed by atoms with van der Waals surface area (Å²) in [6.07, 6.45) is 0.138. The van der Waals surface area contributed by atoms with Crippen LogP contribution < -0.4 is 5.32 Å². The van der Waals surface area contributed by atoms with Crippen molar-refractivity contribution in [3.8, 4) is 0 Å². The highest BCUT2D eigenvalue weighted by Gasteiger charge is 2.39. The number of carbonyl (C=O) groups excluding carboxylic acids is 1. The van der Waals surface area contributed by atoms with Gasteiger partial charge in [-0.05, 0) is 43.9 Å². The molecule has 0 saturated carbocycles. The molecule has 0 bridgehead atoms. The van der Waals surface area contributed by atoms with Gasteiger partial charge in [-0.1, -0.05) is 91.0 Å². The molecule has 0 spiro atoms. The number of alkyl carbamates (subject to hydrolysis) is 1. The van der Waals surface area contributed by atoms with Crippen molar-refractivity contribution in [2.75, 3.05) is 0 Å². The third-order valence-electron chi connectivity index (χ3n) is 5.21. The Morgan fingerprint density at radius 1 is 0.839 bits per heavy atom. The third-order valence-corrected chi connectivity index (χ3v) is 5.57. The van der Waals surface area contributed by atoms with Crippen LogP contribution in [0, 0.1) is 5.75 Å². The first-order valence-corrected chi connectivity index (χ1v) is 11.0. The van der Waals surface area contributed by atoms with Crippen molar-refractivity contribution < 1.29 is 9.53 Å². The van der Waals surface area contributed by atoms with E-state index in [2.05, 4.69) is 90.7 Å². The zero-order valence-corrected chi connectivity index (χ0v) is 19.2. The number of hydrogen-bond donors (Lipinski definition) is 2. The summed E-state index contributed by atoms with van der Waals surface area (Å²) in [5, 5.41) is 2.99. The normalized spacial score (nSPS) is 12.8. The summed E-state index contributed by atoms with van der Waals surface area (Å²) in [7, 11) is 0. The van der Waals surface area contributed by atoms with Gasteiger partial charge in [0.1, 0.15) is 5.60 Å². The second kappa shape index (κ2) is 10.1. The molecular weight excluding hydrogens is 402 g/mol. The molecule has 3 aromatic carbocycles. The number of amides is 1. The maximum atomic E-state index is 12.5. The van der Waals surface area contributed by atoms with E-state index >= 15 is 0 Å². The van der Waals surface area contributed by atoms with Crippen molar-refractivity contribution in [3.63, 3.8) is 0 Å². The molecule has 0 aliphatic rings. The monoisotopic (exact) mass is 432 g/mol. The minimum atomic E-state index is -0.569. The number of thiol groups is 1. The van der Waals surface area contributed by atoms with E-state index in [1.54, 1.807) is 5.75 Å². The van der Waals surface area contributed by atoms with Gasteiger partial charge in [0.15, 0.2) is 0 Å². The number of benzene rings is 3. The molecule has 1 amide bonds. The third kappa shape index (κ3) is 5.71. The van der Waals surface area contributed by atoms with Gasteiger partial charge in [0.05, 0.1) is 0 Å². The van der Waals surface area contributed by atoms with Crippen molar-refractivity contribution in [1.29, 1.82) is 0 Å². The largest absolute Gasteiger partial charge is 0.444 e. The van der Waals surface area contributed by atoms with Crippen LogP contribution in [0.3, 0.4) is 0 Å². The quantitative estimate of drug-likeness (QED) is 0.335. The minimum Gasteiger partial charge on any atom is -0.444 e. The van der Waals surface area contributed by atoms with Gasteiger partial charge in [0.25, 0.3) is 0 Å². The fourth-order valence-corrected chi connectivity index (χ4v) is 4.13. The number of nitrogens with one attached hydrogen (secondary N) is 1. The Bertz CT molecular complexity index is 856. The van der Waals surface area contributed by atoms with Gasteiger partial charge in [0, 0.05) is 17.2 Å². The van der Waals surface area contributed by atoms with Crippen LogP contribution in [0.15, 0.2) is 91.0 Å². The fraction of sp³-hybridized carbons (Fsp3) is 0.259. The van der Waals surface area contributed by atoms with Gasteiger partial charge in [0.2, 0.25) is 0 Å². The molecule has 3 nitrogen and oxygen atoms in total. The second-order valence-electron chi connectivity index (χ2n) is 8.61. The van der Waals surface area contributed by atoms with E-state index in [9.17, 15) is 4.79 Å². The first kappa shape index (κ1) is 23.0. The Kier molecular flexibility index (Phi) is 7.45. The molecule has 0 aromatic heterocycles. The predicted octanol–water partition coefficient (Wildman–Crippen LogP) is 6.40. The molecule has 1 unspecified atom stereocenters. The van der Waals surface area contributed by atoms with E-state index in [0.717, 1.165) is 16.7 Å². The van der Waals surface area contributed by atoms with Crippen LogP contribution in [0.25, 0.3) is 0 Å². The zero-order valence-electron chi connectivity index (χ0n) is 18.3. The van der Waals surface area contributed by atoms with Crippen molar-refractivity contribution in [1.82, 2.24) is 5.32 Å². The van der Waals surface area contributed by atoms with Crippen molar-refractivity contribution in [2.24, 2.45) is 0 Å². The maximum absolute atomic E-state index is 12.5. The Morgan fingerprint density at radius 3 is 1.55 bits per heavy atom. The van der Waals surface area contributed by atoms with Gasteiger partial charge >= 0.3 is 6.09 Å². The first-order chi connectivity index (χ1) is 14.8. The summed E-state index contributed by atoms with van der Waals surface area (Å²) in [4.78, 5) is 12.5. The summed E-state index contributed by atoms with van der Waals surface area (Å²) in [6, 6.07) is 30.9. The van der Waals surface area contributed by atoms with Gasteiger partial charge in [-0.2, -0.15) is 12.6 Å². The maximum Gasteiger partial charge on any atom is 0.407 e. The Labute approximate surface area is 191 Å². The molecule has 0 heterocycles. The highest BCUT2D eigenvalue weighted by atomic mass is 32.1. The highest BCUT2D eigenvalue weighted by Crippen LogP contribution is 2.43. The summed E-state index contributed by atoms with van der Waals surface area (Å²) in [6.45, 7) is 5.57. The Morgan fingerprint density at radius 2 is 1.23 bits per heavy atom. The van der Waals surface area contributed by atoms with Crippen LogP contribution in [-0.2, 0) is 10.2 Å². The number of hydrogen-bond acceptors (Lipinski definition) is 3. The lowest BCUT2D eigenvalue weighted by Crippen LogP contribution is -2.44. The molecule has 1 atom stereocenters. The van der Waals surface area contributed by atoms with Crippen LogP contribution in [0.5, 0.6) is 0 Å². The first-order valence-electron chi connectivity index (χ1n) is 10.5. The molecule has 161 valence electrons. The van der Waals surface area contributed by atoms with Crippen LogP contribution in [-0.4, -0.2) is 17.7 Å². The van der Waals surface area contributed by atoms with E-state index in [1.807, 2.05) is 39.0 Å². The molecule has 0 aliphatic heterocycles.